The van der Waals surface area contributed by atoms with Gasteiger partial charge in [-0.1, -0.05) is 188 Å². The zero-order valence-electron chi connectivity index (χ0n) is 38.8. The van der Waals surface area contributed by atoms with Gasteiger partial charge in [-0.25, -0.2) is 0 Å². The van der Waals surface area contributed by atoms with E-state index in [1.54, 1.807) is 0 Å². The van der Waals surface area contributed by atoms with E-state index in [1.165, 1.54) is 65.4 Å². The predicted octanol–water partition coefficient (Wildman–Crippen LogP) is 18.0. The van der Waals surface area contributed by atoms with Gasteiger partial charge in [-0.2, -0.15) is 0 Å². The zero-order chi connectivity index (χ0) is 47.1. The maximum absolute atomic E-state index is 6.97. The van der Waals surface area contributed by atoms with E-state index in [1.807, 2.05) is 17.8 Å². The molecule has 0 atom stereocenters. The number of rotatable bonds is 4. The summed E-state index contributed by atoms with van der Waals surface area (Å²) in [5.41, 5.74) is 21.2. The van der Waals surface area contributed by atoms with Crippen molar-refractivity contribution in [2.24, 2.45) is 0 Å². The van der Waals surface area contributed by atoms with Crippen LogP contribution in [0.3, 0.4) is 0 Å². The van der Waals surface area contributed by atoms with E-state index < -0.39 is 10.8 Å². The van der Waals surface area contributed by atoms with Crippen molar-refractivity contribution >= 4 is 50.8 Å². The molecule has 0 bridgehead atoms. The molecule has 2 aliphatic heterocycles. The molecule has 336 valence electrons. The summed E-state index contributed by atoms with van der Waals surface area (Å²) in [5.74, 6) is 1.74. The molecule has 16 rings (SSSR count). The molecule has 0 N–H and O–H groups in total. The van der Waals surface area contributed by atoms with Crippen LogP contribution < -0.4 is 9.64 Å². The van der Waals surface area contributed by atoms with Crippen LogP contribution in [0, 0.1) is 0 Å². The Morgan fingerprint density at radius 2 is 0.792 bits per heavy atom. The van der Waals surface area contributed by atoms with Crippen molar-refractivity contribution in [3.63, 3.8) is 0 Å². The Morgan fingerprint density at radius 3 is 1.47 bits per heavy atom. The average molecular weight is 936 g/mol. The number of nitrogens with zero attached hydrogens (tertiary/aromatic N) is 1. The summed E-state index contributed by atoms with van der Waals surface area (Å²) < 4.78 is 13.3. The molecular weight excluding hydrogens is 895 g/mol. The van der Waals surface area contributed by atoms with Gasteiger partial charge in [0.15, 0.2) is 0 Å². The van der Waals surface area contributed by atoms with Gasteiger partial charge in [-0.15, -0.1) is 0 Å². The van der Waals surface area contributed by atoms with Crippen LogP contribution in [0.5, 0.6) is 11.5 Å². The SMILES string of the molecule is c1ccc2c(c1)Oc1ccc(N(c3ccc(-c4cccc5oc6ccccc6c45)cc3)c3ccc4c(c3)C3(c5ccccc5S4)c4ccccc4-c4ccccc43)cc1C21c2ccccc2-c2ccccc21. The topological polar surface area (TPSA) is 25.6 Å². The predicted molar refractivity (Wildman–Crippen MR) is 293 cm³/mol. The standard InChI is InChI=1S/C68H41NO2S/c1-6-22-52-47(16-1)48-17-2-7-23-53(48)67(52)56-26-10-13-29-61(56)71-62-38-36-44(40-58(62)67)69(43-34-32-42(33-35-43)46-21-15-30-63-66(46)51-20-5-12-28-60(51)70-63)45-37-39-65-59(41-45)68(57-27-11-14-31-64(57)72-65)54-24-8-3-18-49(54)50-19-4-9-25-55(50)68/h1-41H. The lowest BCUT2D eigenvalue weighted by Crippen LogP contribution is -2.32. The minimum atomic E-state index is -0.619. The minimum Gasteiger partial charge on any atom is -0.457 e. The summed E-state index contributed by atoms with van der Waals surface area (Å²) in [6, 6.07) is 91.6. The van der Waals surface area contributed by atoms with E-state index in [-0.39, 0.29) is 0 Å². The second kappa shape index (κ2) is 14.8. The quantitative estimate of drug-likeness (QED) is 0.176. The van der Waals surface area contributed by atoms with E-state index in [0.717, 1.165) is 72.8 Å². The smallest absolute Gasteiger partial charge is 0.136 e. The van der Waals surface area contributed by atoms with Gasteiger partial charge in [0, 0.05) is 48.8 Å². The highest BCUT2D eigenvalue weighted by atomic mass is 32.2. The maximum atomic E-state index is 6.97. The Balaban J connectivity index is 0.952. The molecular formula is C68H41NO2S. The summed E-state index contributed by atoms with van der Waals surface area (Å²) >= 11 is 1.88. The minimum absolute atomic E-state index is 0.531. The Morgan fingerprint density at radius 1 is 0.319 bits per heavy atom. The van der Waals surface area contributed by atoms with Crippen LogP contribution in [-0.4, -0.2) is 0 Å². The molecule has 4 aliphatic rings. The van der Waals surface area contributed by atoms with Crippen molar-refractivity contribution in [1.82, 2.24) is 0 Å². The van der Waals surface area contributed by atoms with E-state index in [4.69, 9.17) is 9.15 Å². The molecule has 1 aromatic heterocycles. The fourth-order valence-electron chi connectivity index (χ4n) is 13.2. The molecule has 11 aromatic carbocycles. The molecule has 0 saturated heterocycles. The van der Waals surface area contributed by atoms with Crippen molar-refractivity contribution < 1.29 is 9.15 Å². The van der Waals surface area contributed by atoms with Gasteiger partial charge in [-0.3, -0.25) is 0 Å². The number of fused-ring (bicyclic) bond motifs is 21. The van der Waals surface area contributed by atoms with Crippen molar-refractivity contribution in [2.75, 3.05) is 4.90 Å². The monoisotopic (exact) mass is 935 g/mol. The summed E-state index contributed by atoms with van der Waals surface area (Å²) in [4.78, 5) is 5.01. The van der Waals surface area contributed by atoms with Gasteiger partial charge in [0.2, 0.25) is 0 Å². The highest BCUT2D eigenvalue weighted by Crippen LogP contribution is 2.65. The maximum Gasteiger partial charge on any atom is 0.136 e. The van der Waals surface area contributed by atoms with Gasteiger partial charge in [0.25, 0.3) is 0 Å². The summed E-state index contributed by atoms with van der Waals surface area (Å²) in [7, 11) is 0. The van der Waals surface area contributed by atoms with Crippen LogP contribution in [0.15, 0.2) is 263 Å². The van der Waals surface area contributed by atoms with E-state index >= 15 is 0 Å². The average Bonchev–Trinajstić information content (AvgIpc) is 4.08. The lowest BCUT2D eigenvalue weighted by atomic mass is 9.66. The van der Waals surface area contributed by atoms with Gasteiger partial charge in [0.1, 0.15) is 22.7 Å². The number of hydrogen-bond acceptors (Lipinski definition) is 4. The Kier molecular flexibility index (Phi) is 8.24. The zero-order valence-corrected chi connectivity index (χ0v) is 39.7. The van der Waals surface area contributed by atoms with Gasteiger partial charge in [0.05, 0.1) is 10.8 Å². The Bertz CT molecular complexity index is 3970. The first-order valence-corrected chi connectivity index (χ1v) is 25.5. The molecule has 2 aliphatic carbocycles. The molecule has 0 radical (unpaired) electrons. The number of para-hydroxylation sites is 2. The van der Waals surface area contributed by atoms with E-state index in [0.29, 0.717) is 0 Å². The molecule has 3 heterocycles. The Hall–Kier alpha value is -8.83. The first-order valence-electron chi connectivity index (χ1n) is 24.7. The van der Waals surface area contributed by atoms with Gasteiger partial charge in [-0.05, 0) is 140 Å². The molecule has 3 nitrogen and oxygen atoms in total. The lowest BCUT2D eigenvalue weighted by Gasteiger charge is -2.41. The van der Waals surface area contributed by atoms with E-state index in [9.17, 15) is 0 Å². The van der Waals surface area contributed by atoms with Crippen LogP contribution in [0.4, 0.5) is 17.1 Å². The number of furan rings is 1. The van der Waals surface area contributed by atoms with Gasteiger partial charge < -0.3 is 14.1 Å². The molecule has 2 spiro atoms. The largest absolute Gasteiger partial charge is 0.457 e. The van der Waals surface area contributed by atoms with Crippen LogP contribution in [0.1, 0.15) is 44.5 Å². The van der Waals surface area contributed by atoms with Crippen molar-refractivity contribution in [3.05, 3.63) is 293 Å². The van der Waals surface area contributed by atoms with E-state index in [2.05, 4.69) is 248 Å². The second-order valence-electron chi connectivity index (χ2n) is 19.4. The molecule has 0 saturated carbocycles. The fourth-order valence-corrected chi connectivity index (χ4v) is 14.4. The molecule has 12 aromatic rings. The lowest BCUT2D eigenvalue weighted by molar-refractivity contribution is 0.436. The third-order valence-corrected chi connectivity index (χ3v) is 17.2. The molecule has 0 unspecified atom stereocenters. The molecule has 4 heteroatoms. The first kappa shape index (κ1) is 40.0. The molecule has 72 heavy (non-hydrogen) atoms. The van der Waals surface area contributed by atoms with Crippen molar-refractivity contribution in [2.45, 2.75) is 20.6 Å². The molecule has 0 fully saturated rings. The second-order valence-corrected chi connectivity index (χ2v) is 20.5. The van der Waals surface area contributed by atoms with Crippen LogP contribution in [0.2, 0.25) is 0 Å². The van der Waals surface area contributed by atoms with Crippen LogP contribution in [-0.2, 0) is 10.8 Å². The normalized spacial score (nSPS) is 14.4. The number of benzene rings is 11. The summed E-state index contributed by atoms with van der Waals surface area (Å²) in [6.07, 6.45) is 0. The highest BCUT2D eigenvalue weighted by Gasteiger charge is 2.52. The van der Waals surface area contributed by atoms with Crippen molar-refractivity contribution in [3.8, 4) is 44.9 Å². The number of hydrogen-bond donors (Lipinski definition) is 0. The Labute approximate surface area is 421 Å². The highest BCUT2D eigenvalue weighted by molar-refractivity contribution is 7.99. The van der Waals surface area contributed by atoms with Gasteiger partial charge >= 0.3 is 0 Å². The number of ether oxygens (including phenoxy) is 1. The molecule has 0 amide bonds. The third kappa shape index (κ3) is 5.21. The summed E-state index contributed by atoms with van der Waals surface area (Å²) in [5, 5.41) is 2.25. The van der Waals surface area contributed by atoms with Crippen LogP contribution in [0.25, 0.3) is 55.3 Å². The fraction of sp³-hybridized carbons (Fsp3) is 0.0294. The third-order valence-electron chi connectivity index (χ3n) is 16.0. The summed E-state index contributed by atoms with van der Waals surface area (Å²) in [6.45, 7) is 0. The van der Waals surface area contributed by atoms with Crippen molar-refractivity contribution in [1.29, 1.82) is 0 Å². The number of anilines is 3. The first-order chi connectivity index (χ1) is 35.7. The van der Waals surface area contributed by atoms with Crippen LogP contribution >= 0.6 is 11.8 Å².